The van der Waals surface area contributed by atoms with Gasteiger partial charge in [0.05, 0.1) is 16.3 Å². The Morgan fingerprint density at radius 2 is 1.66 bits per heavy atom. The minimum absolute atomic E-state index is 0.173. The van der Waals surface area contributed by atoms with Gasteiger partial charge >= 0.3 is 0 Å². The lowest BCUT2D eigenvalue weighted by Gasteiger charge is -2.31. The summed E-state index contributed by atoms with van der Waals surface area (Å²) < 4.78 is 29.3. The summed E-state index contributed by atoms with van der Waals surface area (Å²) in [5, 5.41) is 3.32. The van der Waals surface area contributed by atoms with Crippen LogP contribution in [0.25, 0.3) is 0 Å². The van der Waals surface area contributed by atoms with Gasteiger partial charge in [-0.15, -0.1) is 0 Å². The van der Waals surface area contributed by atoms with Crippen LogP contribution in [-0.2, 0) is 23.0 Å². The molecule has 0 saturated carbocycles. The van der Waals surface area contributed by atoms with E-state index in [0.717, 1.165) is 49.4 Å². The van der Waals surface area contributed by atoms with Gasteiger partial charge in [-0.3, -0.25) is 9.52 Å². The van der Waals surface area contributed by atoms with Crippen molar-refractivity contribution in [3.05, 3.63) is 89.5 Å². The third-order valence-electron chi connectivity index (χ3n) is 6.20. The van der Waals surface area contributed by atoms with Crippen LogP contribution in [0.2, 0.25) is 0 Å². The van der Waals surface area contributed by atoms with E-state index in [-0.39, 0.29) is 10.8 Å². The molecule has 0 aromatic heterocycles. The first kappa shape index (κ1) is 24.8. The fourth-order valence-corrected chi connectivity index (χ4v) is 5.26. The second kappa shape index (κ2) is 10.9. The molecule has 1 heterocycles. The molecule has 0 bridgehead atoms. The second-order valence-electron chi connectivity index (χ2n) is 8.72. The molecule has 0 unspecified atom stereocenters. The van der Waals surface area contributed by atoms with Gasteiger partial charge < -0.3 is 15.1 Å². The second-order valence-corrected chi connectivity index (χ2v) is 10.4. The van der Waals surface area contributed by atoms with Crippen LogP contribution in [0.4, 0.5) is 11.4 Å². The number of anilines is 2. The van der Waals surface area contributed by atoms with Gasteiger partial charge in [-0.05, 0) is 47.9 Å². The largest absolute Gasteiger partial charge is 0.367 e. The Labute approximate surface area is 207 Å². The molecule has 3 aromatic carbocycles. The van der Waals surface area contributed by atoms with Crippen LogP contribution in [0.3, 0.4) is 0 Å². The summed E-state index contributed by atoms with van der Waals surface area (Å²) in [7, 11) is -2.08. The van der Waals surface area contributed by atoms with Crippen molar-refractivity contribution in [2.75, 3.05) is 42.8 Å². The van der Waals surface area contributed by atoms with E-state index in [1.165, 1.54) is 0 Å². The minimum atomic E-state index is -3.83. The van der Waals surface area contributed by atoms with Crippen LogP contribution in [0.1, 0.15) is 28.4 Å². The maximum atomic E-state index is 13.3. The Hall–Kier alpha value is -3.36. The number of nitrogens with zero attached hydrogens (tertiary/aromatic N) is 2. The zero-order valence-electron chi connectivity index (χ0n) is 20.2. The molecule has 0 radical (unpaired) electrons. The molecule has 0 atom stereocenters. The first-order valence-electron chi connectivity index (χ1n) is 11.9. The van der Waals surface area contributed by atoms with Crippen molar-refractivity contribution in [1.82, 2.24) is 10.2 Å². The molecule has 3 aromatic rings. The quantitative estimate of drug-likeness (QED) is 0.501. The van der Waals surface area contributed by atoms with Crippen LogP contribution >= 0.6 is 0 Å². The molecule has 7 nitrogen and oxygen atoms in total. The van der Waals surface area contributed by atoms with Gasteiger partial charge in [0, 0.05) is 45.3 Å². The summed E-state index contributed by atoms with van der Waals surface area (Å²) in [4.78, 5) is 17.2. The third kappa shape index (κ3) is 6.01. The molecule has 0 spiro atoms. The Morgan fingerprint density at radius 1 is 0.971 bits per heavy atom. The van der Waals surface area contributed by atoms with Crippen molar-refractivity contribution in [3.63, 3.8) is 0 Å². The first-order chi connectivity index (χ1) is 16.9. The van der Waals surface area contributed by atoms with Crippen molar-refractivity contribution in [2.45, 2.75) is 24.8 Å². The first-order valence-corrected chi connectivity index (χ1v) is 13.4. The highest BCUT2D eigenvalue weighted by molar-refractivity contribution is 7.92. The summed E-state index contributed by atoms with van der Waals surface area (Å²) >= 11 is 0. The van der Waals surface area contributed by atoms with Crippen molar-refractivity contribution >= 4 is 27.3 Å². The number of nitrogens with one attached hydrogen (secondary N) is 2. The molecule has 184 valence electrons. The van der Waals surface area contributed by atoms with Gasteiger partial charge in [-0.2, -0.15) is 0 Å². The van der Waals surface area contributed by atoms with Gasteiger partial charge in [0.25, 0.3) is 15.9 Å². The molecule has 1 saturated heterocycles. The van der Waals surface area contributed by atoms with E-state index >= 15 is 0 Å². The normalized spacial score (nSPS) is 13.9. The molecule has 8 heteroatoms. The fourth-order valence-electron chi connectivity index (χ4n) is 4.19. The third-order valence-corrected chi connectivity index (χ3v) is 7.58. The molecule has 4 rings (SSSR count). The number of benzene rings is 3. The Kier molecular flexibility index (Phi) is 7.73. The predicted molar refractivity (Wildman–Crippen MR) is 140 cm³/mol. The van der Waals surface area contributed by atoms with Crippen LogP contribution in [0.5, 0.6) is 0 Å². The predicted octanol–water partition coefficient (Wildman–Crippen LogP) is 3.73. The highest BCUT2D eigenvalue weighted by Gasteiger charge is 2.22. The van der Waals surface area contributed by atoms with Gasteiger partial charge in [-0.25, -0.2) is 8.42 Å². The summed E-state index contributed by atoms with van der Waals surface area (Å²) in [6.07, 6.45) is 0.835. The van der Waals surface area contributed by atoms with E-state index in [1.807, 2.05) is 55.5 Å². The van der Waals surface area contributed by atoms with Gasteiger partial charge in [0.15, 0.2) is 0 Å². The topological polar surface area (TPSA) is 81.8 Å². The van der Waals surface area contributed by atoms with E-state index in [0.29, 0.717) is 17.8 Å². The van der Waals surface area contributed by atoms with E-state index in [4.69, 9.17) is 0 Å². The van der Waals surface area contributed by atoms with E-state index < -0.39 is 10.0 Å². The number of rotatable bonds is 8. The minimum Gasteiger partial charge on any atom is -0.367 e. The summed E-state index contributed by atoms with van der Waals surface area (Å²) in [5.41, 5.74) is 3.70. The number of aryl methyl sites for hydroxylation is 1. The lowest BCUT2D eigenvalue weighted by atomic mass is 10.1. The van der Waals surface area contributed by atoms with Crippen LogP contribution in [-0.4, -0.2) is 52.5 Å². The van der Waals surface area contributed by atoms with Crippen molar-refractivity contribution < 1.29 is 13.2 Å². The van der Waals surface area contributed by atoms with Crippen LogP contribution < -0.4 is 14.9 Å². The lowest BCUT2D eigenvalue weighted by molar-refractivity contribution is 0.0785. The number of hydrogen-bond donors (Lipinski definition) is 2. The maximum absolute atomic E-state index is 13.3. The number of carbonyl (C=O) groups excluding carboxylic acids is 1. The van der Waals surface area contributed by atoms with Crippen molar-refractivity contribution in [1.29, 1.82) is 0 Å². The molecule has 1 amide bonds. The van der Waals surface area contributed by atoms with Gasteiger partial charge in [0.2, 0.25) is 0 Å². The zero-order chi connectivity index (χ0) is 24.8. The van der Waals surface area contributed by atoms with E-state index in [9.17, 15) is 13.2 Å². The standard InChI is InChI=1S/C27H32N4O3S/c1-3-21-9-12-24(13-10-21)35(33,34)29-25-19-23(11-14-26(25)31-17-15-28-16-18-31)27(32)30(2)20-22-7-5-4-6-8-22/h4-14,19,28-29H,3,15-18,20H2,1-2H3. The molecule has 1 fully saturated rings. The molecule has 35 heavy (non-hydrogen) atoms. The van der Waals surface area contributed by atoms with Crippen molar-refractivity contribution in [2.24, 2.45) is 0 Å². The fraction of sp³-hybridized carbons (Fsp3) is 0.296. The maximum Gasteiger partial charge on any atom is 0.261 e. The van der Waals surface area contributed by atoms with Gasteiger partial charge in [0.1, 0.15) is 0 Å². The highest BCUT2D eigenvalue weighted by atomic mass is 32.2. The zero-order valence-corrected chi connectivity index (χ0v) is 21.0. The van der Waals surface area contributed by atoms with E-state index in [1.54, 1.807) is 36.2 Å². The average Bonchev–Trinajstić information content (AvgIpc) is 2.89. The Bertz CT molecular complexity index is 1260. The summed E-state index contributed by atoms with van der Waals surface area (Å²) in [5.74, 6) is -0.173. The number of hydrogen-bond acceptors (Lipinski definition) is 5. The molecule has 1 aliphatic heterocycles. The molecular weight excluding hydrogens is 460 g/mol. The van der Waals surface area contributed by atoms with Gasteiger partial charge in [-0.1, -0.05) is 49.4 Å². The Balaban J connectivity index is 1.64. The average molecular weight is 493 g/mol. The van der Waals surface area contributed by atoms with Crippen LogP contribution in [0.15, 0.2) is 77.7 Å². The molecule has 1 aliphatic rings. The summed E-state index contributed by atoms with van der Waals surface area (Å²) in [6, 6.07) is 21.9. The molecule has 2 N–H and O–H groups in total. The SMILES string of the molecule is CCc1ccc(S(=O)(=O)Nc2cc(C(=O)N(C)Cc3ccccc3)ccc2N2CCNCC2)cc1. The van der Waals surface area contributed by atoms with E-state index in [2.05, 4.69) is 14.9 Å². The molecular formula is C27H32N4O3S. The Morgan fingerprint density at radius 3 is 2.31 bits per heavy atom. The lowest BCUT2D eigenvalue weighted by Crippen LogP contribution is -2.43. The summed E-state index contributed by atoms with van der Waals surface area (Å²) in [6.45, 7) is 5.61. The number of sulfonamides is 1. The number of amides is 1. The number of piperazine rings is 1. The van der Waals surface area contributed by atoms with Crippen molar-refractivity contribution in [3.8, 4) is 0 Å². The number of carbonyl (C=O) groups is 1. The monoisotopic (exact) mass is 492 g/mol. The van der Waals surface area contributed by atoms with Crippen LogP contribution in [0, 0.1) is 0 Å². The smallest absolute Gasteiger partial charge is 0.261 e. The highest BCUT2D eigenvalue weighted by Crippen LogP contribution is 2.30. The molecule has 0 aliphatic carbocycles.